The van der Waals surface area contributed by atoms with Crippen molar-refractivity contribution in [2.24, 2.45) is 0 Å². The van der Waals surface area contributed by atoms with Gasteiger partial charge in [-0.15, -0.1) is 0 Å². The van der Waals surface area contributed by atoms with Crippen LogP contribution in [-0.2, 0) is 22.9 Å². The molecular formula is C15H24N2O2S. The van der Waals surface area contributed by atoms with Crippen LogP contribution in [0.25, 0.3) is 0 Å². The summed E-state index contributed by atoms with van der Waals surface area (Å²) in [5, 5.41) is 3.15. The van der Waals surface area contributed by atoms with E-state index < -0.39 is 10.0 Å². The minimum absolute atomic E-state index is 0.0500. The Kier molecular flexibility index (Phi) is 5.57. The van der Waals surface area contributed by atoms with Gasteiger partial charge in [0.05, 0.1) is 5.75 Å². The monoisotopic (exact) mass is 296 g/mol. The Balaban J connectivity index is 1.85. The second-order valence-electron chi connectivity index (χ2n) is 5.35. The van der Waals surface area contributed by atoms with Crippen LogP contribution in [0, 0.1) is 0 Å². The van der Waals surface area contributed by atoms with Crippen molar-refractivity contribution >= 4 is 10.0 Å². The van der Waals surface area contributed by atoms with Gasteiger partial charge in [0.25, 0.3) is 0 Å². The lowest BCUT2D eigenvalue weighted by molar-refractivity contribution is 0.506. The van der Waals surface area contributed by atoms with Crippen molar-refractivity contribution in [3.05, 3.63) is 35.4 Å². The van der Waals surface area contributed by atoms with Crippen LogP contribution in [0.15, 0.2) is 24.3 Å². The number of benzene rings is 1. The molecule has 1 aliphatic carbocycles. The van der Waals surface area contributed by atoms with E-state index in [4.69, 9.17) is 0 Å². The first-order valence-corrected chi connectivity index (χ1v) is 9.03. The highest BCUT2D eigenvalue weighted by atomic mass is 32.2. The number of hydrogen-bond acceptors (Lipinski definition) is 3. The summed E-state index contributed by atoms with van der Waals surface area (Å²) in [4.78, 5) is 0. The van der Waals surface area contributed by atoms with Crippen LogP contribution < -0.4 is 10.0 Å². The summed E-state index contributed by atoms with van der Waals surface area (Å²) in [6.45, 7) is 3.66. The largest absolute Gasteiger partial charge is 0.317 e. The fourth-order valence-electron chi connectivity index (χ4n) is 2.68. The van der Waals surface area contributed by atoms with E-state index in [1.54, 1.807) is 0 Å². The Hall–Kier alpha value is -0.910. The zero-order valence-corrected chi connectivity index (χ0v) is 12.9. The number of rotatable bonds is 7. The van der Waals surface area contributed by atoms with E-state index >= 15 is 0 Å². The van der Waals surface area contributed by atoms with Gasteiger partial charge >= 0.3 is 0 Å². The van der Waals surface area contributed by atoms with Crippen LogP contribution in [0.1, 0.15) is 30.9 Å². The van der Waals surface area contributed by atoms with Crippen LogP contribution in [-0.4, -0.2) is 33.3 Å². The summed E-state index contributed by atoms with van der Waals surface area (Å²) in [6, 6.07) is 8.35. The number of hydrogen-bond donors (Lipinski definition) is 2. The van der Waals surface area contributed by atoms with E-state index in [-0.39, 0.29) is 11.8 Å². The third-order valence-electron chi connectivity index (χ3n) is 3.71. The molecule has 0 amide bonds. The van der Waals surface area contributed by atoms with Crippen molar-refractivity contribution in [2.45, 2.75) is 38.6 Å². The Labute approximate surface area is 122 Å². The van der Waals surface area contributed by atoms with Gasteiger partial charge < -0.3 is 5.32 Å². The first-order valence-electron chi connectivity index (χ1n) is 7.38. The lowest BCUT2D eigenvalue weighted by atomic mass is 9.89. The summed E-state index contributed by atoms with van der Waals surface area (Å²) >= 11 is 0. The van der Waals surface area contributed by atoms with Gasteiger partial charge in [-0.05, 0) is 49.9 Å². The van der Waals surface area contributed by atoms with Gasteiger partial charge in [0.1, 0.15) is 0 Å². The third-order valence-corrected chi connectivity index (χ3v) is 5.23. The molecule has 5 heteroatoms. The van der Waals surface area contributed by atoms with Crippen molar-refractivity contribution in [3.63, 3.8) is 0 Å². The van der Waals surface area contributed by atoms with Crippen molar-refractivity contribution in [3.8, 4) is 0 Å². The van der Waals surface area contributed by atoms with Crippen LogP contribution in [0.4, 0.5) is 0 Å². The van der Waals surface area contributed by atoms with E-state index in [1.807, 2.05) is 19.1 Å². The van der Waals surface area contributed by atoms with Crippen molar-refractivity contribution in [2.75, 3.05) is 18.8 Å². The smallest absolute Gasteiger partial charge is 0.211 e. The molecule has 2 N–H and O–H groups in total. The van der Waals surface area contributed by atoms with Gasteiger partial charge in [-0.3, -0.25) is 0 Å². The van der Waals surface area contributed by atoms with Gasteiger partial charge in [0, 0.05) is 6.04 Å². The molecule has 0 bridgehead atoms. The molecule has 0 aromatic heterocycles. The average molecular weight is 296 g/mol. The fourth-order valence-corrected chi connectivity index (χ4v) is 4.03. The molecule has 1 unspecified atom stereocenters. The molecule has 1 aromatic carbocycles. The molecule has 0 radical (unpaired) electrons. The molecule has 0 saturated carbocycles. The maximum atomic E-state index is 12.0. The zero-order valence-electron chi connectivity index (χ0n) is 12.1. The molecule has 112 valence electrons. The minimum atomic E-state index is -3.15. The zero-order chi connectivity index (χ0) is 14.4. The van der Waals surface area contributed by atoms with Gasteiger partial charge in [-0.2, -0.15) is 0 Å². The van der Waals surface area contributed by atoms with Crippen LogP contribution in [0.5, 0.6) is 0 Å². The summed E-state index contributed by atoms with van der Waals surface area (Å²) in [7, 11) is -3.15. The second-order valence-corrected chi connectivity index (χ2v) is 7.23. The molecule has 1 atom stereocenters. The highest BCUT2D eigenvalue weighted by Crippen LogP contribution is 2.21. The maximum Gasteiger partial charge on any atom is 0.211 e. The van der Waals surface area contributed by atoms with Gasteiger partial charge in [-0.1, -0.05) is 31.2 Å². The van der Waals surface area contributed by atoms with Crippen molar-refractivity contribution < 1.29 is 8.42 Å². The predicted molar refractivity (Wildman–Crippen MR) is 82.3 cm³/mol. The van der Waals surface area contributed by atoms with Crippen molar-refractivity contribution in [1.82, 2.24) is 10.0 Å². The van der Waals surface area contributed by atoms with Gasteiger partial charge in [0.15, 0.2) is 0 Å². The maximum absolute atomic E-state index is 12.0. The summed E-state index contributed by atoms with van der Waals surface area (Å²) in [5.41, 5.74) is 2.63. The van der Waals surface area contributed by atoms with Crippen LogP contribution in [0.3, 0.4) is 0 Å². The molecule has 0 saturated heterocycles. The summed E-state index contributed by atoms with van der Waals surface area (Å²) in [6.07, 6.45) is 3.32. The Morgan fingerprint density at radius 3 is 2.75 bits per heavy atom. The Morgan fingerprint density at radius 2 is 2.00 bits per heavy atom. The van der Waals surface area contributed by atoms with Crippen LogP contribution in [0.2, 0.25) is 0 Å². The standard InChI is InChI=1S/C15H24N2O2S/c1-2-16-10-5-11-20(18,19)17-15-9-8-13-6-3-4-7-14(13)12-15/h3-4,6-7,15-17H,2,5,8-12H2,1H3. The minimum Gasteiger partial charge on any atom is -0.317 e. The molecule has 1 aliphatic rings. The first kappa shape index (κ1) is 15.5. The van der Waals surface area contributed by atoms with E-state index in [0.717, 1.165) is 32.4 Å². The lowest BCUT2D eigenvalue weighted by Crippen LogP contribution is -2.40. The summed E-state index contributed by atoms with van der Waals surface area (Å²) in [5.74, 6) is 0.206. The average Bonchev–Trinajstić information content (AvgIpc) is 2.43. The van der Waals surface area contributed by atoms with Crippen molar-refractivity contribution in [1.29, 1.82) is 0 Å². The normalized spacial score (nSPS) is 18.8. The Morgan fingerprint density at radius 1 is 1.25 bits per heavy atom. The Bertz CT molecular complexity index is 528. The number of aryl methyl sites for hydroxylation is 1. The number of sulfonamides is 1. The molecular weight excluding hydrogens is 272 g/mol. The molecule has 0 heterocycles. The molecule has 2 rings (SSSR count). The van der Waals surface area contributed by atoms with Crippen LogP contribution >= 0.6 is 0 Å². The fraction of sp³-hybridized carbons (Fsp3) is 0.600. The molecule has 4 nitrogen and oxygen atoms in total. The second kappa shape index (κ2) is 7.20. The van der Waals surface area contributed by atoms with E-state index in [2.05, 4.69) is 22.2 Å². The van der Waals surface area contributed by atoms with E-state index in [9.17, 15) is 8.42 Å². The quantitative estimate of drug-likeness (QED) is 0.749. The molecule has 0 fully saturated rings. The molecule has 0 aliphatic heterocycles. The first-order chi connectivity index (χ1) is 9.61. The highest BCUT2D eigenvalue weighted by Gasteiger charge is 2.22. The highest BCUT2D eigenvalue weighted by molar-refractivity contribution is 7.89. The third kappa shape index (κ3) is 4.58. The predicted octanol–water partition coefficient (Wildman–Crippen LogP) is 1.46. The molecule has 20 heavy (non-hydrogen) atoms. The lowest BCUT2D eigenvalue weighted by Gasteiger charge is -2.25. The van der Waals surface area contributed by atoms with E-state index in [0.29, 0.717) is 6.42 Å². The number of nitrogens with one attached hydrogen (secondary N) is 2. The SMILES string of the molecule is CCNCCCS(=O)(=O)NC1CCc2ccccc2C1. The van der Waals surface area contributed by atoms with E-state index in [1.165, 1.54) is 11.1 Å². The topological polar surface area (TPSA) is 58.2 Å². The molecule has 0 spiro atoms. The summed E-state index contributed by atoms with van der Waals surface area (Å²) < 4.78 is 26.9. The number of fused-ring (bicyclic) bond motifs is 1. The van der Waals surface area contributed by atoms with Gasteiger partial charge in [0.2, 0.25) is 10.0 Å². The molecule has 1 aromatic rings. The van der Waals surface area contributed by atoms with Gasteiger partial charge in [-0.25, -0.2) is 13.1 Å².